The Morgan fingerprint density at radius 1 is 1.50 bits per heavy atom. The van der Waals surface area contributed by atoms with Crippen molar-refractivity contribution in [1.29, 1.82) is 0 Å². The van der Waals surface area contributed by atoms with Crippen molar-refractivity contribution < 1.29 is 18.0 Å². The summed E-state index contributed by atoms with van der Waals surface area (Å²) in [5, 5.41) is 0. The Kier molecular flexibility index (Phi) is 3.35. The van der Waals surface area contributed by atoms with Crippen LogP contribution in [0.2, 0.25) is 0 Å². The third-order valence-corrected chi connectivity index (χ3v) is 0.796. The average Bonchev–Trinajstić information content (AvgIpc) is 1.81. The number of hydrogen-bond donors (Lipinski definition) is 1. The molecule has 0 aliphatic heterocycles. The number of halogens is 3. The van der Waals surface area contributed by atoms with Crippen molar-refractivity contribution in [2.45, 2.75) is 18.6 Å². The van der Waals surface area contributed by atoms with Gasteiger partial charge in [0.1, 0.15) is 6.29 Å². The van der Waals surface area contributed by atoms with E-state index in [-0.39, 0.29) is 12.7 Å². The molecule has 5 heteroatoms. The van der Waals surface area contributed by atoms with E-state index >= 15 is 0 Å². The van der Waals surface area contributed by atoms with Gasteiger partial charge in [0, 0.05) is 0 Å². The van der Waals surface area contributed by atoms with Gasteiger partial charge in [0.15, 0.2) is 0 Å². The molecule has 0 aliphatic carbocycles. The van der Waals surface area contributed by atoms with Crippen LogP contribution in [0.3, 0.4) is 0 Å². The maximum atomic E-state index is 11.3. The molecule has 2 nitrogen and oxygen atoms in total. The lowest BCUT2D eigenvalue weighted by Gasteiger charge is -2.05. The number of carbonyl (C=O) groups excluding carboxylic acids is 1. The zero-order valence-corrected chi connectivity index (χ0v) is 5.06. The van der Waals surface area contributed by atoms with E-state index < -0.39 is 18.6 Å². The van der Waals surface area contributed by atoms with Gasteiger partial charge in [-0.1, -0.05) is 0 Å². The minimum atomic E-state index is -4.33. The topological polar surface area (TPSA) is 43.1 Å². The summed E-state index contributed by atoms with van der Waals surface area (Å²) < 4.78 is 34.0. The lowest BCUT2D eigenvalue weighted by Crippen LogP contribution is -2.24. The van der Waals surface area contributed by atoms with E-state index in [2.05, 4.69) is 0 Å². The van der Waals surface area contributed by atoms with E-state index in [4.69, 9.17) is 5.73 Å². The Balaban J connectivity index is 3.45. The minimum Gasteiger partial charge on any atom is -0.322 e. The molecular weight excluding hydrogens is 147 g/mol. The molecule has 0 heterocycles. The third-order valence-electron chi connectivity index (χ3n) is 0.796. The molecule has 2 N–H and O–H groups in total. The van der Waals surface area contributed by atoms with Crippen LogP contribution < -0.4 is 5.73 Å². The lowest BCUT2D eigenvalue weighted by molar-refractivity contribution is -0.110. The first-order valence-electron chi connectivity index (χ1n) is 2.57. The zero-order chi connectivity index (χ0) is 8.20. The predicted octanol–water partition coefficient (Wildman–Crippen LogP) is 0.669. The van der Waals surface area contributed by atoms with E-state index in [1.807, 2.05) is 0 Å². The third kappa shape index (κ3) is 5.55. The maximum absolute atomic E-state index is 11.3. The smallest absolute Gasteiger partial charge is 0.322 e. The monoisotopic (exact) mass is 154 g/mol. The number of carbonyl (C=O) groups is 1. The second-order valence-corrected chi connectivity index (χ2v) is 1.78. The second-order valence-electron chi connectivity index (χ2n) is 1.78. The summed E-state index contributed by atoms with van der Waals surface area (Å²) in [5.74, 6) is 0. The molecule has 0 saturated carbocycles. The van der Waals surface area contributed by atoms with E-state index in [1.165, 1.54) is 0 Å². The van der Waals surface area contributed by atoms with E-state index in [0.717, 1.165) is 0 Å². The molecule has 1 unspecified atom stereocenters. The molecule has 0 amide bonds. The molecule has 1 radical (unpaired) electrons. The zero-order valence-electron chi connectivity index (χ0n) is 5.06. The van der Waals surface area contributed by atoms with Crippen molar-refractivity contribution in [3.8, 4) is 0 Å². The number of rotatable bonds is 3. The number of alkyl halides is 3. The molecule has 0 aromatic rings. The van der Waals surface area contributed by atoms with Crippen LogP contribution in [0.25, 0.3) is 0 Å². The molecule has 0 aromatic heterocycles. The first-order valence-corrected chi connectivity index (χ1v) is 2.57. The Bertz CT molecular complexity index is 112. The van der Waals surface area contributed by atoms with Gasteiger partial charge in [-0.25, -0.2) is 0 Å². The summed E-state index contributed by atoms with van der Waals surface area (Å²) in [5.41, 5.74) is 4.88. The second kappa shape index (κ2) is 3.55. The fourth-order valence-electron chi connectivity index (χ4n) is 0.325. The van der Waals surface area contributed by atoms with Crippen LogP contribution in [0.15, 0.2) is 0 Å². The summed E-state index contributed by atoms with van der Waals surface area (Å²) in [6.07, 6.45) is -4.44. The molecule has 10 heavy (non-hydrogen) atoms. The molecule has 0 aromatic carbocycles. The van der Waals surface area contributed by atoms with Crippen LogP contribution in [0, 0.1) is 6.42 Å². The predicted molar refractivity (Wildman–Crippen MR) is 29.0 cm³/mol. The number of nitrogens with two attached hydrogens (primary N) is 1. The quantitative estimate of drug-likeness (QED) is 0.607. The lowest BCUT2D eigenvalue weighted by atomic mass is 10.2. The van der Waals surface area contributed by atoms with Gasteiger partial charge in [0.05, 0.1) is 12.5 Å². The van der Waals surface area contributed by atoms with Gasteiger partial charge >= 0.3 is 6.18 Å². The Hall–Kier alpha value is -0.580. The summed E-state index contributed by atoms with van der Waals surface area (Å²) in [7, 11) is 0. The van der Waals surface area contributed by atoms with Crippen LogP contribution >= 0.6 is 0 Å². The van der Waals surface area contributed by atoms with Gasteiger partial charge in [0.2, 0.25) is 0 Å². The van der Waals surface area contributed by atoms with Crippen molar-refractivity contribution in [1.82, 2.24) is 0 Å². The first-order chi connectivity index (χ1) is 4.45. The molecule has 0 spiro atoms. The number of hydrogen-bond acceptors (Lipinski definition) is 2. The van der Waals surface area contributed by atoms with Crippen molar-refractivity contribution in [3.05, 3.63) is 6.42 Å². The van der Waals surface area contributed by atoms with Crippen LogP contribution in [0.5, 0.6) is 0 Å². The average molecular weight is 154 g/mol. The van der Waals surface area contributed by atoms with Gasteiger partial charge in [-0.2, -0.15) is 13.2 Å². The van der Waals surface area contributed by atoms with Crippen molar-refractivity contribution >= 4 is 6.29 Å². The molecule has 59 valence electrons. The van der Waals surface area contributed by atoms with Gasteiger partial charge < -0.3 is 10.5 Å². The van der Waals surface area contributed by atoms with Crippen LogP contribution in [-0.4, -0.2) is 18.5 Å². The van der Waals surface area contributed by atoms with E-state index in [0.29, 0.717) is 0 Å². The largest absolute Gasteiger partial charge is 0.392 e. The van der Waals surface area contributed by atoms with Crippen molar-refractivity contribution in [2.75, 3.05) is 0 Å². The van der Waals surface area contributed by atoms with Crippen molar-refractivity contribution in [3.63, 3.8) is 0 Å². The van der Waals surface area contributed by atoms with Gasteiger partial charge in [-0.15, -0.1) is 0 Å². The fraction of sp³-hybridized carbons (Fsp3) is 0.600. The fourth-order valence-corrected chi connectivity index (χ4v) is 0.325. The Labute approximate surface area is 56.2 Å². The summed E-state index contributed by atoms with van der Waals surface area (Å²) >= 11 is 0. The van der Waals surface area contributed by atoms with Gasteiger partial charge in [0.25, 0.3) is 0 Å². The standard InChI is InChI=1S/C5H7F3NO/c6-5(7,8)2-1-4(9)3-10/h2-4H,1,9H2. The summed E-state index contributed by atoms with van der Waals surface area (Å²) in [6, 6.07) is -1.04. The normalized spacial score (nSPS) is 14.8. The van der Waals surface area contributed by atoms with Gasteiger partial charge in [-0.05, 0) is 6.42 Å². The number of aldehydes is 1. The SMILES string of the molecule is NC(C=O)C[CH]C(F)(F)F. The van der Waals surface area contributed by atoms with Crippen molar-refractivity contribution in [2.24, 2.45) is 5.73 Å². The highest BCUT2D eigenvalue weighted by atomic mass is 19.4. The Morgan fingerprint density at radius 3 is 2.30 bits per heavy atom. The van der Waals surface area contributed by atoms with E-state index in [1.54, 1.807) is 0 Å². The minimum absolute atomic E-state index is 0.0616. The molecule has 1 atom stereocenters. The molecule has 0 bridgehead atoms. The molecule has 0 fully saturated rings. The van der Waals surface area contributed by atoms with Crippen LogP contribution in [0.4, 0.5) is 13.2 Å². The highest BCUT2D eigenvalue weighted by Gasteiger charge is 2.27. The maximum Gasteiger partial charge on any atom is 0.392 e. The van der Waals surface area contributed by atoms with Gasteiger partial charge in [-0.3, -0.25) is 0 Å². The van der Waals surface area contributed by atoms with E-state index in [9.17, 15) is 18.0 Å². The molecule has 0 rings (SSSR count). The van der Waals surface area contributed by atoms with Crippen LogP contribution in [-0.2, 0) is 4.79 Å². The first kappa shape index (κ1) is 9.42. The molecular formula is C5H7F3NO. The summed E-state index contributed by atoms with van der Waals surface area (Å²) in [6.45, 7) is 0. The molecule has 0 aliphatic rings. The summed E-state index contributed by atoms with van der Waals surface area (Å²) in [4.78, 5) is 9.71. The highest BCUT2D eigenvalue weighted by molar-refractivity contribution is 5.57. The molecule has 0 saturated heterocycles. The Morgan fingerprint density at radius 2 is 2.00 bits per heavy atom. The van der Waals surface area contributed by atoms with Crippen LogP contribution in [0.1, 0.15) is 6.42 Å². The highest BCUT2D eigenvalue weighted by Crippen LogP contribution is 2.20.